The van der Waals surface area contributed by atoms with E-state index in [1.165, 1.54) is 0 Å². The van der Waals surface area contributed by atoms with Crippen molar-refractivity contribution in [1.29, 1.82) is 0 Å². The van der Waals surface area contributed by atoms with Crippen molar-refractivity contribution in [2.24, 2.45) is 0 Å². The highest BCUT2D eigenvalue weighted by atomic mass is 32.1. The fourth-order valence-corrected chi connectivity index (χ4v) is 11.8. The standard InChI is InChI=1S/C63H37N3OS2/c1-4-14-38(15-5-1)41-24-26-42(27-25-41)61-64-62(66-63(65-61)52-34-46(40-18-8-3-9-19-40)37-58-60(52)49-21-11-13-23-56(49)69-58)44-28-30-48-53(35-44)67-54-36-45(39-16-6-2-7-17-39)33-50(59(48)54)43-29-31-57-51(32-43)47-20-10-12-22-55(47)68-57/h1-37H/i28D,30D,33D,35D,36D. The first-order valence-electron chi connectivity index (χ1n) is 25.2. The summed E-state index contributed by atoms with van der Waals surface area (Å²) in [6.45, 7) is 0. The van der Waals surface area contributed by atoms with Crippen molar-refractivity contribution in [3.05, 3.63) is 224 Å². The molecule has 0 unspecified atom stereocenters. The molecule has 0 aliphatic carbocycles. The molecule has 4 nitrogen and oxygen atoms in total. The van der Waals surface area contributed by atoms with E-state index >= 15 is 0 Å². The summed E-state index contributed by atoms with van der Waals surface area (Å²) < 4.78 is 60.7. The van der Waals surface area contributed by atoms with E-state index in [9.17, 15) is 6.85 Å². The maximum atomic E-state index is 10.1. The topological polar surface area (TPSA) is 51.8 Å². The Balaban J connectivity index is 1.05. The molecule has 0 saturated heterocycles. The van der Waals surface area contributed by atoms with Crippen LogP contribution in [0.15, 0.2) is 229 Å². The smallest absolute Gasteiger partial charge is 0.164 e. The Morgan fingerprint density at radius 3 is 1.59 bits per heavy atom. The van der Waals surface area contributed by atoms with Gasteiger partial charge in [0.15, 0.2) is 17.5 Å². The van der Waals surface area contributed by atoms with Crippen molar-refractivity contribution in [2.45, 2.75) is 0 Å². The van der Waals surface area contributed by atoms with Gasteiger partial charge in [0, 0.05) is 67.8 Å². The molecule has 0 fully saturated rings. The van der Waals surface area contributed by atoms with E-state index in [1.54, 1.807) is 22.7 Å². The summed E-state index contributed by atoms with van der Waals surface area (Å²) in [6.07, 6.45) is 0. The lowest BCUT2D eigenvalue weighted by atomic mass is 9.93. The monoisotopic (exact) mass is 920 g/mol. The summed E-state index contributed by atoms with van der Waals surface area (Å²) in [5.41, 5.74) is 7.85. The molecular weight excluding hydrogens is 879 g/mol. The van der Waals surface area contributed by atoms with E-state index in [1.807, 2.05) is 121 Å². The van der Waals surface area contributed by atoms with Crippen molar-refractivity contribution in [2.75, 3.05) is 0 Å². The second-order valence-corrected chi connectivity index (χ2v) is 19.2. The van der Waals surface area contributed by atoms with Gasteiger partial charge in [-0.05, 0) is 105 Å². The lowest BCUT2D eigenvalue weighted by molar-refractivity contribution is 0.669. The Bertz CT molecular complexity index is 4590. The summed E-state index contributed by atoms with van der Waals surface area (Å²) in [6, 6.07) is 64.0. The minimum Gasteiger partial charge on any atom is -0.456 e. The lowest BCUT2D eigenvalue weighted by Gasteiger charge is -2.12. The number of thiophene rings is 2. The van der Waals surface area contributed by atoms with Crippen molar-refractivity contribution >= 4 is 85.0 Å². The second-order valence-electron chi connectivity index (χ2n) is 17.0. The van der Waals surface area contributed by atoms with Gasteiger partial charge >= 0.3 is 0 Å². The summed E-state index contributed by atoms with van der Waals surface area (Å²) >= 11 is 3.39. The Morgan fingerprint density at radius 2 is 0.855 bits per heavy atom. The highest BCUT2D eigenvalue weighted by Crippen LogP contribution is 2.45. The SMILES string of the molecule is [2H]c1c(-c2nc(-c3ccc(-c4ccccc4)cc3)nc(-c3cc(-c4ccccc4)cc4sc5ccccc5c34)n2)c([2H])c2oc3c([2H])c(-c4ccccc4)c([2H])c(-c4ccc5sc6ccccc6c5c4)c3c2c1[2H]. The van der Waals surface area contributed by atoms with Gasteiger partial charge in [0.25, 0.3) is 0 Å². The van der Waals surface area contributed by atoms with Gasteiger partial charge in [-0.2, -0.15) is 0 Å². The number of benzene rings is 10. The Labute approximate surface area is 412 Å². The molecule has 6 heteroatoms. The molecule has 69 heavy (non-hydrogen) atoms. The van der Waals surface area contributed by atoms with Crippen LogP contribution in [0.1, 0.15) is 6.85 Å². The third kappa shape index (κ3) is 6.83. The van der Waals surface area contributed by atoms with Crippen LogP contribution < -0.4 is 0 Å². The van der Waals surface area contributed by atoms with Gasteiger partial charge in [-0.3, -0.25) is 0 Å². The maximum Gasteiger partial charge on any atom is 0.164 e. The van der Waals surface area contributed by atoms with E-state index in [2.05, 4.69) is 72.8 Å². The first kappa shape index (κ1) is 34.7. The molecule has 0 saturated carbocycles. The average molecular weight is 921 g/mol. The third-order valence-corrected chi connectivity index (χ3v) is 15.1. The van der Waals surface area contributed by atoms with E-state index in [4.69, 9.17) is 19.4 Å². The molecule has 0 amide bonds. The van der Waals surface area contributed by atoms with Crippen LogP contribution in [0.4, 0.5) is 0 Å². The number of hydrogen-bond donors (Lipinski definition) is 0. The zero-order chi connectivity index (χ0) is 49.8. The predicted octanol–water partition coefficient (Wildman–Crippen LogP) is 18.2. The largest absolute Gasteiger partial charge is 0.456 e. The van der Waals surface area contributed by atoms with Gasteiger partial charge in [-0.15, -0.1) is 22.7 Å². The first-order chi connectivity index (χ1) is 36.3. The van der Waals surface area contributed by atoms with Crippen LogP contribution in [0.2, 0.25) is 0 Å². The van der Waals surface area contributed by atoms with Crippen molar-refractivity contribution < 1.29 is 11.3 Å². The van der Waals surface area contributed by atoms with E-state index in [-0.39, 0.29) is 58.2 Å². The minimum atomic E-state index is -0.285. The zero-order valence-corrected chi connectivity index (χ0v) is 38.2. The predicted molar refractivity (Wildman–Crippen MR) is 291 cm³/mol. The van der Waals surface area contributed by atoms with Crippen LogP contribution in [-0.4, -0.2) is 15.0 Å². The zero-order valence-electron chi connectivity index (χ0n) is 41.5. The molecule has 10 aromatic carbocycles. The number of nitrogens with zero attached hydrogens (tertiary/aromatic N) is 3. The first-order valence-corrected chi connectivity index (χ1v) is 24.3. The Morgan fingerprint density at radius 1 is 0.319 bits per heavy atom. The van der Waals surface area contributed by atoms with Gasteiger partial charge in [-0.25, -0.2) is 15.0 Å². The quantitative estimate of drug-likeness (QED) is 0.160. The van der Waals surface area contributed by atoms with Gasteiger partial charge < -0.3 is 4.42 Å². The molecule has 0 N–H and O–H groups in total. The van der Waals surface area contributed by atoms with Crippen LogP contribution in [-0.2, 0) is 0 Å². The second kappa shape index (κ2) is 16.1. The molecule has 14 rings (SSSR count). The van der Waals surface area contributed by atoms with Gasteiger partial charge in [0.2, 0.25) is 0 Å². The summed E-state index contributed by atoms with van der Waals surface area (Å²) in [7, 11) is 0. The van der Waals surface area contributed by atoms with Crippen LogP contribution in [0.25, 0.3) is 141 Å². The van der Waals surface area contributed by atoms with Crippen molar-refractivity contribution in [3.63, 3.8) is 0 Å². The maximum absolute atomic E-state index is 10.1. The van der Waals surface area contributed by atoms with E-state index in [0.29, 0.717) is 44.9 Å². The van der Waals surface area contributed by atoms with Crippen LogP contribution in [0.3, 0.4) is 0 Å². The van der Waals surface area contributed by atoms with E-state index in [0.717, 1.165) is 68.2 Å². The summed E-state index contributed by atoms with van der Waals surface area (Å²) in [4.78, 5) is 15.5. The van der Waals surface area contributed by atoms with Gasteiger partial charge in [-0.1, -0.05) is 164 Å². The van der Waals surface area contributed by atoms with Crippen LogP contribution in [0.5, 0.6) is 0 Å². The molecule has 14 aromatic rings. The van der Waals surface area contributed by atoms with Crippen molar-refractivity contribution in [3.8, 4) is 78.7 Å². The Kier molecular flexibility index (Phi) is 8.08. The molecular formula is C63H37N3OS2. The highest BCUT2D eigenvalue weighted by molar-refractivity contribution is 7.26. The number of aromatic nitrogens is 3. The number of furan rings is 1. The Hall–Kier alpha value is -8.55. The van der Waals surface area contributed by atoms with Gasteiger partial charge in [0.05, 0.1) is 6.85 Å². The number of rotatable bonds is 7. The fourth-order valence-electron chi connectivity index (χ4n) is 9.53. The fraction of sp³-hybridized carbons (Fsp3) is 0. The van der Waals surface area contributed by atoms with Crippen LogP contribution >= 0.6 is 22.7 Å². The van der Waals surface area contributed by atoms with Crippen molar-refractivity contribution in [1.82, 2.24) is 15.0 Å². The summed E-state index contributed by atoms with van der Waals surface area (Å²) in [5.74, 6) is 0.709. The molecule has 0 bridgehead atoms. The molecule has 0 radical (unpaired) electrons. The minimum absolute atomic E-state index is 0.00504. The molecule has 0 atom stereocenters. The molecule has 0 aliphatic heterocycles. The van der Waals surface area contributed by atoms with Crippen LogP contribution in [0, 0.1) is 0 Å². The third-order valence-electron chi connectivity index (χ3n) is 12.9. The molecule has 0 aliphatic rings. The molecule has 4 heterocycles. The van der Waals surface area contributed by atoms with E-state index < -0.39 is 0 Å². The summed E-state index contributed by atoms with van der Waals surface area (Å²) in [5, 5.41) is 4.65. The molecule has 0 spiro atoms. The average Bonchev–Trinajstić information content (AvgIpc) is 4.21. The number of fused-ring (bicyclic) bond motifs is 9. The normalized spacial score (nSPS) is 12.8. The molecule has 4 aromatic heterocycles. The molecule has 322 valence electrons. The lowest BCUT2D eigenvalue weighted by Crippen LogP contribution is -2.00. The highest BCUT2D eigenvalue weighted by Gasteiger charge is 2.22. The number of hydrogen-bond acceptors (Lipinski definition) is 6. The van der Waals surface area contributed by atoms with Gasteiger partial charge in [0.1, 0.15) is 11.2 Å².